The SMILES string of the molecule is CC(NC(=O)CC(N)c1cccc(C(F)(F)F)c1)C(=O)O. The van der Waals surface area contributed by atoms with Crippen LogP contribution in [-0.2, 0) is 15.8 Å². The fourth-order valence-corrected chi connectivity index (χ4v) is 1.63. The molecule has 0 aliphatic rings. The summed E-state index contributed by atoms with van der Waals surface area (Å²) in [5.41, 5.74) is 4.99. The highest BCUT2D eigenvalue weighted by atomic mass is 19.4. The lowest BCUT2D eigenvalue weighted by Crippen LogP contribution is -2.39. The Morgan fingerprint density at radius 3 is 2.52 bits per heavy atom. The molecule has 2 unspecified atom stereocenters. The molecule has 5 nitrogen and oxygen atoms in total. The molecule has 1 aromatic carbocycles. The maximum Gasteiger partial charge on any atom is 0.416 e. The minimum atomic E-state index is -4.49. The summed E-state index contributed by atoms with van der Waals surface area (Å²) in [6.07, 6.45) is -4.80. The first-order valence-electron chi connectivity index (χ1n) is 6.06. The van der Waals surface area contributed by atoms with Crippen LogP contribution < -0.4 is 11.1 Å². The highest BCUT2D eigenvalue weighted by molar-refractivity contribution is 5.83. The van der Waals surface area contributed by atoms with Gasteiger partial charge in [0.1, 0.15) is 6.04 Å². The number of amides is 1. The molecule has 0 spiro atoms. The quantitative estimate of drug-likeness (QED) is 0.771. The number of carboxylic acids is 1. The first-order valence-corrected chi connectivity index (χ1v) is 6.06. The summed E-state index contributed by atoms with van der Waals surface area (Å²) >= 11 is 0. The maximum absolute atomic E-state index is 12.6. The van der Waals surface area contributed by atoms with Crippen LogP contribution in [0.15, 0.2) is 24.3 Å². The van der Waals surface area contributed by atoms with Crippen molar-refractivity contribution >= 4 is 11.9 Å². The summed E-state index contributed by atoms with van der Waals surface area (Å²) in [7, 11) is 0. The van der Waals surface area contributed by atoms with Gasteiger partial charge in [0.2, 0.25) is 5.91 Å². The lowest BCUT2D eigenvalue weighted by atomic mass is 10.0. The van der Waals surface area contributed by atoms with E-state index in [4.69, 9.17) is 10.8 Å². The molecule has 0 saturated heterocycles. The molecule has 0 fully saturated rings. The zero-order valence-corrected chi connectivity index (χ0v) is 11.1. The zero-order valence-electron chi connectivity index (χ0n) is 11.1. The van der Waals surface area contributed by atoms with Gasteiger partial charge in [-0.25, -0.2) is 0 Å². The van der Waals surface area contributed by atoms with E-state index in [-0.39, 0.29) is 12.0 Å². The smallest absolute Gasteiger partial charge is 0.416 e. The molecule has 1 amide bonds. The predicted octanol–water partition coefficient (Wildman–Crippen LogP) is 1.68. The Morgan fingerprint density at radius 2 is 2.00 bits per heavy atom. The molecular formula is C13H15F3N2O3. The Labute approximate surface area is 118 Å². The Morgan fingerprint density at radius 1 is 1.38 bits per heavy atom. The number of rotatable bonds is 5. The summed E-state index contributed by atoms with van der Waals surface area (Å²) in [6, 6.07) is 2.32. The normalized spacial score (nSPS) is 14.3. The van der Waals surface area contributed by atoms with Gasteiger partial charge in [0.25, 0.3) is 0 Å². The lowest BCUT2D eigenvalue weighted by Gasteiger charge is -2.15. The molecule has 1 rings (SSSR count). The predicted molar refractivity (Wildman–Crippen MR) is 68.2 cm³/mol. The van der Waals surface area contributed by atoms with E-state index < -0.39 is 35.7 Å². The number of hydrogen-bond acceptors (Lipinski definition) is 3. The van der Waals surface area contributed by atoms with Crippen molar-refractivity contribution in [2.24, 2.45) is 5.73 Å². The maximum atomic E-state index is 12.6. The Hall–Kier alpha value is -2.09. The molecular weight excluding hydrogens is 289 g/mol. The second-order valence-corrected chi connectivity index (χ2v) is 4.56. The monoisotopic (exact) mass is 304 g/mol. The zero-order chi connectivity index (χ0) is 16.2. The molecule has 2 atom stereocenters. The lowest BCUT2D eigenvalue weighted by molar-refractivity contribution is -0.141. The van der Waals surface area contributed by atoms with Gasteiger partial charge in [0.15, 0.2) is 0 Å². The number of aliphatic carboxylic acids is 1. The number of hydrogen-bond donors (Lipinski definition) is 3. The fourth-order valence-electron chi connectivity index (χ4n) is 1.63. The number of carbonyl (C=O) groups is 2. The number of halogens is 3. The van der Waals surface area contributed by atoms with E-state index in [1.54, 1.807) is 0 Å². The standard InChI is InChI=1S/C13H15F3N2O3/c1-7(12(20)21)18-11(19)6-10(17)8-3-2-4-9(5-8)13(14,15)16/h2-5,7,10H,6,17H2,1H3,(H,18,19)(H,20,21). The summed E-state index contributed by atoms with van der Waals surface area (Å²) < 4.78 is 37.7. The van der Waals surface area contributed by atoms with Crippen molar-refractivity contribution in [1.29, 1.82) is 0 Å². The minimum Gasteiger partial charge on any atom is -0.480 e. The molecule has 21 heavy (non-hydrogen) atoms. The Bertz CT molecular complexity index is 532. The van der Waals surface area contributed by atoms with E-state index in [2.05, 4.69) is 5.32 Å². The van der Waals surface area contributed by atoms with Gasteiger partial charge in [-0.05, 0) is 24.6 Å². The number of carboxylic acid groups (broad SMARTS) is 1. The number of nitrogens with one attached hydrogen (secondary N) is 1. The minimum absolute atomic E-state index is 0.156. The highest BCUT2D eigenvalue weighted by Gasteiger charge is 2.30. The molecule has 0 aromatic heterocycles. The third-order valence-electron chi connectivity index (χ3n) is 2.80. The molecule has 0 bridgehead atoms. The van der Waals surface area contributed by atoms with Crippen LogP contribution in [0.5, 0.6) is 0 Å². The number of carbonyl (C=O) groups excluding carboxylic acids is 1. The summed E-state index contributed by atoms with van der Waals surface area (Å²) in [5.74, 6) is -1.86. The van der Waals surface area contributed by atoms with Crippen molar-refractivity contribution < 1.29 is 27.9 Å². The van der Waals surface area contributed by atoms with Gasteiger partial charge in [-0.1, -0.05) is 12.1 Å². The van der Waals surface area contributed by atoms with Crippen LogP contribution in [0.25, 0.3) is 0 Å². The summed E-state index contributed by atoms with van der Waals surface area (Å²) in [4.78, 5) is 22.1. The van der Waals surface area contributed by atoms with Crippen molar-refractivity contribution in [2.75, 3.05) is 0 Å². The van der Waals surface area contributed by atoms with Gasteiger partial charge in [-0.3, -0.25) is 9.59 Å². The van der Waals surface area contributed by atoms with Crippen molar-refractivity contribution in [1.82, 2.24) is 5.32 Å². The average Bonchev–Trinajstić information content (AvgIpc) is 2.37. The Kier molecular flexibility index (Phi) is 5.31. The molecule has 0 aliphatic heterocycles. The van der Waals surface area contributed by atoms with E-state index >= 15 is 0 Å². The Balaban J connectivity index is 2.74. The largest absolute Gasteiger partial charge is 0.480 e. The van der Waals surface area contributed by atoms with Crippen LogP contribution in [0.3, 0.4) is 0 Å². The van der Waals surface area contributed by atoms with Gasteiger partial charge >= 0.3 is 12.1 Å². The molecule has 0 heterocycles. The molecule has 116 valence electrons. The highest BCUT2D eigenvalue weighted by Crippen LogP contribution is 2.30. The molecule has 1 aromatic rings. The van der Waals surface area contributed by atoms with Crippen molar-refractivity contribution in [2.45, 2.75) is 31.6 Å². The van der Waals surface area contributed by atoms with Crippen LogP contribution in [0, 0.1) is 0 Å². The van der Waals surface area contributed by atoms with E-state index in [1.807, 2.05) is 0 Å². The number of benzene rings is 1. The van der Waals surface area contributed by atoms with Crippen LogP contribution in [0.2, 0.25) is 0 Å². The van der Waals surface area contributed by atoms with Crippen LogP contribution >= 0.6 is 0 Å². The molecule has 8 heteroatoms. The summed E-state index contributed by atoms with van der Waals surface area (Å²) in [5, 5.41) is 10.8. The first kappa shape index (κ1) is 17.0. The van der Waals surface area contributed by atoms with Gasteiger partial charge in [0, 0.05) is 12.5 Å². The van der Waals surface area contributed by atoms with Gasteiger partial charge in [-0.2, -0.15) is 13.2 Å². The van der Waals surface area contributed by atoms with E-state index in [0.717, 1.165) is 12.1 Å². The molecule has 4 N–H and O–H groups in total. The second-order valence-electron chi connectivity index (χ2n) is 4.56. The van der Waals surface area contributed by atoms with E-state index in [9.17, 15) is 22.8 Å². The van der Waals surface area contributed by atoms with E-state index in [0.29, 0.717) is 0 Å². The topological polar surface area (TPSA) is 92.4 Å². The van der Waals surface area contributed by atoms with Crippen molar-refractivity contribution in [3.05, 3.63) is 35.4 Å². The van der Waals surface area contributed by atoms with Crippen molar-refractivity contribution in [3.8, 4) is 0 Å². The van der Waals surface area contributed by atoms with Crippen LogP contribution in [-0.4, -0.2) is 23.0 Å². The molecule has 0 saturated carbocycles. The number of nitrogens with two attached hydrogens (primary N) is 1. The fraction of sp³-hybridized carbons (Fsp3) is 0.385. The van der Waals surface area contributed by atoms with Crippen LogP contribution in [0.1, 0.15) is 30.5 Å². The van der Waals surface area contributed by atoms with Gasteiger partial charge < -0.3 is 16.2 Å². The third-order valence-corrected chi connectivity index (χ3v) is 2.80. The van der Waals surface area contributed by atoms with Gasteiger partial charge in [0.05, 0.1) is 5.56 Å². The van der Waals surface area contributed by atoms with Crippen LogP contribution in [0.4, 0.5) is 13.2 Å². The second kappa shape index (κ2) is 6.57. The first-order chi connectivity index (χ1) is 9.61. The molecule has 0 radical (unpaired) electrons. The van der Waals surface area contributed by atoms with Gasteiger partial charge in [-0.15, -0.1) is 0 Å². The molecule has 0 aliphatic carbocycles. The summed E-state index contributed by atoms with van der Waals surface area (Å²) in [6.45, 7) is 1.27. The van der Waals surface area contributed by atoms with E-state index in [1.165, 1.54) is 19.1 Å². The number of alkyl halides is 3. The third kappa shape index (κ3) is 5.07. The average molecular weight is 304 g/mol. The van der Waals surface area contributed by atoms with Crippen molar-refractivity contribution in [3.63, 3.8) is 0 Å².